The molecule has 0 amide bonds. The van der Waals surface area contributed by atoms with Gasteiger partial charge in [0.15, 0.2) is 0 Å². The molecule has 108 valence electrons. The van der Waals surface area contributed by atoms with Gasteiger partial charge in [0.05, 0.1) is 6.10 Å². The number of nitrogens with one attached hydrogen (secondary N) is 1. The third-order valence-electron chi connectivity index (χ3n) is 4.81. The second-order valence-corrected chi connectivity index (χ2v) is 6.71. The maximum Gasteiger partial charge on any atom is 0.0658 e. The molecule has 19 heavy (non-hydrogen) atoms. The van der Waals surface area contributed by atoms with E-state index in [0.29, 0.717) is 23.6 Å². The highest BCUT2D eigenvalue weighted by Gasteiger charge is 2.51. The fourth-order valence-corrected chi connectivity index (χ4v) is 4.01. The zero-order valence-corrected chi connectivity index (χ0v) is 13.4. The molecule has 1 aliphatic rings. The summed E-state index contributed by atoms with van der Waals surface area (Å²) < 4.78 is 5.88. The Labute approximate surface area is 121 Å². The Kier molecular flexibility index (Phi) is 5.04. The van der Waals surface area contributed by atoms with Crippen molar-refractivity contribution in [2.75, 3.05) is 6.61 Å². The maximum atomic E-state index is 5.88. The van der Waals surface area contributed by atoms with Crippen LogP contribution >= 0.6 is 11.3 Å². The number of rotatable bonds is 7. The van der Waals surface area contributed by atoms with Gasteiger partial charge in [-0.2, -0.15) is 0 Å². The third kappa shape index (κ3) is 2.88. The summed E-state index contributed by atoms with van der Waals surface area (Å²) in [5, 5.41) is 6.03. The van der Waals surface area contributed by atoms with Gasteiger partial charge >= 0.3 is 0 Å². The average Bonchev–Trinajstić information content (AvgIpc) is 2.95. The highest BCUT2D eigenvalue weighted by molar-refractivity contribution is 7.10. The van der Waals surface area contributed by atoms with Crippen molar-refractivity contribution in [3.8, 4) is 0 Å². The molecular weight excluding hydrogens is 254 g/mol. The summed E-state index contributed by atoms with van der Waals surface area (Å²) in [6.45, 7) is 9.84. The van der Waals surface area contributed by atoms with E-state index in [1.165, 1.54) is 11.3 Å². The molecule has 1 heterocycles. The first kappa shape index (κ1) is 15.0. The fourth-order valence-electron chi connectivity index (χ4n) is 3.14. The van der Waals surface area contributed by atoms with Gasteiger partial charge in [0.1, 0.15) is 0 Å². The molecule has 2 nitrogen and oxygen atoms in total. The molecule has 1 N–H and O–H groups in total. The standard InChI is InChI=1S/C16H27NOS/c1-5-12(13-9-8-10-19-13)17-14-11-15(18-7-3)16(14,4)6-2/h8-10,12,14-15,17H,5-7,11H2,1-4H3. The van der Waals surface area contributed by atoms with Crippen molar-refractivity contribution in [2.24, 2.45) is 5.41 Å². The smallest absolute Gasteiger partial charge is 0.0658 e. The average molecular weight is 281 g/mol. The maximum absolute atomic E-state index is 5.88. The second-order valence-electron chi connectivity index (χ2n) is 5.73. The van der Waals surface area contributed by atoms with Gasteiger partial charge in [-0.25, -0.2) is 0 Å². The molecule has 3 heteroatoms. The minimum atomic E-state index is 0.292. The highest BCUT2D eigenvalue weighted by Crippen LogP contribution is 2.47. The van der Waals surface area contributed by atoms with E-state index in [4.69, 9.17) is 4.74 Å². The molecule has 1 aromatic rings. The van der Waals surface area contributed by atoms with Crippen LogP contribution in [-0.4, -0.2) is 18.8 Å². The monoisotopic (exact) mass is 281 g/mol. The lowest BCUT2D eigenvalue weighted by Gasteiger charge is -2.54. The van der Waals surface area contributed by atoms with Crippen molar-refractivity contribution in [1.29, 1.82) is 0 Å². The van der Waals surface area contributed by atoms with Crippen molar-refractivity contribution in [2.45, 2.75) is 65.1 Å². The lowest BCUT2D eigenvalue weighted by atomic mass is 9.61. The van der Waals surface area contributed by atoms with Gasteiger partial charge in [0, 0.05) is 29.0 Å². The number of thiophene rings is 1. The first-order valence-electron chi connectivity index (χ1n) is 7.56. The summed E-state index contributed by atoms with van der Waals surface area (Å²) in [6.07, 6.45) is 3.91. The third-order valence-corrected chi connectivity index (χ3v) is 5.79. The van der Waals surface area contributed by atoms with Crippen molar-refractivity contribution in [1.82, 2.24) is 5.32 Å². The lowest BCUT2D eigenvalue weighted by Crippen LogP contribution is -2.62. The van der Waals surface area contributed by atoms with E-state index in [-0.39, 0.29) is 0 Å². The van der Waals surface area contributed by atoms with Crippen molar-refractivity contribution in [3.63, 3.8) is 0 Å². The normalized spacial score (nSPS) is 32.0. The Morgan fingerprint density at radius 1 is 1.47 bits per heavy atom. The quantitative estimate of drug-likeness (QED) is 0.800. The van der Waals surface area contributed by atoms with Gasteiger partial charge in [-0.1, -0.05) is 26.8 Å². The minimum absolute atomic E-state index is 0.292. The summed E-state index contributed by atoms with van der Waals surface area (Å²) in [7, 11) is 0. The van der Waals surface area contributed by atoms with Gasteiger partial charge in [0.2, 0.25) is 0 Å². The van der Waals surface area contributed by atoms with Crippen LogP contribution < -0.4 is 5.32 Å². The summed E-state index contributed by atoms with van der Waals surface area (Å²) in [5.41, 5.74) is 0.292. The SMILES string of the molecule is CCOC1CC(NC(CC)c2cccs2)C1(C)CC. The molecule has 1 saturated carbocycles. The predicted octanol–water partition coefficient (Wildman–Crippen LogP) is 4.38. The fraction of sp³-hybridized carbons (Fsp3) is 0.750. The Morgan fingerprint density at radius 2 is 2.26 bits per heavy atom. The molecule has 0 saturated heterocycles. The van der Waals surface area contributed by atoms with Gasteiger partial charge in [-0.15, -0.1) is 11.3 Å². The van der Waals surface area contributed by atoms with Crippen LogP contribution in [0.15, 0.2) is 17.5 Å². The molecule has 4 atom stereocenters. The van der Waals surface area contributed by atoms with Gasteiger partial charge in [-0.05, 0) is 37.6 Å². The Hall–Kier alpha value is -0.380. The summed E-state index contributed by atoms with van der Waals surface area (Å²) in [5.74, 6) is 0. The molecule has 0 aliphatic heterocycles. The van der Waals surface area contributed by atoms with Crippen LogP contribution in [0.3, 0.4) is 0 Å². The molecule has 0 bridgehead atoms. The van der Waals surface area contributed by atoms with Crippen molar-refractivity contribution < 1.29 is 4.74 Å². The van der Waals surface area contributed by atoms with Gasteiger partial charge in [0.25, 0.3) is 0 Å². The lowest BCUT2D eigenvalue weighted by molar-refractivity contribution is -0.128. The van der Waals surface area contributed by atoms with Crippen LogP contribution in [0.4, 0.5) is 0 Å². The van der Waals surface area contributed by atoms with Crippen LogP contribution in [0, 0.1) is 5.41 Å². The minimum Gasteiger partial charge on any atom is -0.378 e. The van der Waals surface area contributed by atoms with Crippen LogP contribution in [0.25, 0.3) is 0 Å². The van der Waals surface area contributed by atoms with Crippen LogP contribution in [0.5, 0.6) is 0 Å². The van der Waals surface area contributed by atoms with Crippen LogP contribution in [0.2, 0.25) is 0 Å². The molecule has 1 fully saturated rings. The largest absolute Gasteiger partial charge is 0.378 e. The summed E-state index contributed by atoms with van der Waals surface area (Å²) in [4.78, 5) is 1.46. The van der Waals surface area contributed by atoms with Crippen LogP contribution in [-0.2, 0) is 4.74 Å². The van der Waals surface area contributed by atoms with Gasteiger partial charge < -0.3 is 10.1 Å². The van der Waals surface area contributed by atoms with E-state index in [1.54, 1.807) is 0 Å². The van der Waals surface area contributed by atoms with E-state index >= 15 is 0 Å². The molecular formula is C16H27NOS. The number of hydrogen-bond acceptors (Lipinski definition) is 3. The molecule has 4 unspecified atom stereocenters. The Balaban J connectivity index is 1.99. The number of hydrogen-bond donors (Lipinski definition) is 1. The van der Waals surface area contributed by atoms with E-state index in [9.17, 15) is 0 Å². The Bertz CT molecular complexity index is 378. The van der Waals surface area contributed by atoms with Gasteiger partial charge in [-0.3, -0.25) is 0 Å². The number of ether oxygens (including phenoxy) is 1. The molecule has 0 radical (unpaired) electrons. The van der Waals surface area contributed by atoms with E-state index in [0.717, 1.165) is 19.4 Å². The van der Waals surface area contributed by atoms with E-state index in [1.807, 2.05) is 11.3 Å². The zero-order chi connectivity index (χ0) is 13.9. The molecule has 1 aromatic heterocycles. The Morgan fingerprint density at radius 3 is 2.79 bits per heavy atom. The first-order chi connectivity index (χ1) is 9.15. The molecule has 0 spiro atoms. The van der Waals surface area contributed by atoms with Crippen LogP contribution in [0.1, 0.15) is 57.9 Å². The molecule has 1 aliphatic carbocycles. The molecule has 0 aromatic carbocycles. The second kappa shape index (κ2) is 6.38. The zero-order valence-electron chi connectivity index (χ0n) is 12.6. The van der Waals surface area contributed by atoms with Crippen molar-refractivity contribution in [3.05, 3.63) is 22.4 Å². The molecule has 2 rings (SSSR count). The predicted molar refractivity (Wildman–Crippen MR) is 82.7 cm³/mol. The first-order valence-corrected chi connectivity index (χ1v) is 8.44. The van der Waals surface area contributed by atoms with Crippen molar-refractivity contribution >= 4 is 11.3 Å². The summed E-state index contributed by atoms with van der Waals surface area (Å²) >= 11 is 1.86. The highest BCUT2D eigenvalue weighted by atomic mass is 32.1. The van der Waals surface area contributed by atoms with E-state index < -0.39 is 0 Å². The topological polar surface area (TPSA) is 21.3 Å². The van der Waals surface area contributed by atoms with E-state index in [2.05, 4.69) is 50.5 Å². The summed E-state index contributed by atoms with van der Waals surface area (Å²) in [6, 6.07) is 5.47.